The number of carbonyl (C=O) groups is 1. The number of carbonyl (C=O) groups excluding carboxylic acids is 1. The minimum atomic E-state index is -0.237. The van der Waals surface area contributed by atoms with Crippen LogP contribution in [0.25, 0.3) is 10.9 Å². The Labute approximate surface area is 199 Å². The van der Waals surface area contributed by atoms with E-state index in [9.17, 15) is 9.18 Å². The highest BCUT2D eigenvalue weighted by atomic mass is 19.1. The van der Waals surface area contributed by atoms with E-state index in [2.05, 4.69) is 57.3 Å². The van der Waals surface area contributed by atoms with Gasteiger partial charge in [0.15, 0.2) is 0 Å². The molecule has 34 heavy (non-hydrogen) atoms. The summed E-state index contributed by atoms with van der Waals surface area (Å²) in [7, 11) is 0. The number of fused-ring (bicyclic) bond motifs is 1. The first-order chi connectivity index (χ1) is 16.6. The smallest absolute Gasteiger partial charge is 0.228 e. The second-order valence-electron chi connectivity index (χ2n) is 8.85. The van der Waals surface area contributed by atoms with E-state index < -0.39 is 0 Å². The molecule has 0 radical (unpaired) electrons. The van der Waals surface area contributed by atoms with Crippen LogP contribution in [0.15, 0.2) is 96.8 Å². The van der Waals surface area contributed by atoms with Gasteiger partial charge in [-0.2, -0.15) is 0 Å². The van der Waals surface area contributed by atoms with Crippen LogP contribution in [0.1, 0.15) is 23.1 Å². The van der Waals surface area contributed by atoms with Crippen molar-refractivity contribution in [2.75, 3.05) is 13.1 Å². The topological polar surface area (TPSA) is 37.3 Å². The number of nitrogens with one attached hydrogen (secondary N) is 1. The van der Waals surface area contributed by atoms with E-state index in [4.69, 9.17) is 0 Å². The largest absolute Gasteiger partial charge is 0.343 e. The lowest BCUT2D eigenvalue weighted by molar-refractivity contribution is -0.119. The van der Waals surface area contributed by atoms with Crippen molar-refractivity contribution in [3.63, 3.8) is 0 Å². The molecule has 3 aromatic carbocycles. The standard InChI is InChI=1S/C29H28FN3O/c30-25-12-10-23(11-13-25)20-33-21-24(27-8-4-5-9-28(27)33)18-29(34)31-26-14-16-32(17-15-26)19-22-6-2-1-3-7-22/h1-14,21H,15-20H2,(H,31,34). The molecule has 0 aliphatic carbocycles. The van der Waals surface area contributed by atoms with Gasteiger partial charge in [-0.1, -0.05) is 66.7 Å². The minimum absolute atomic E-state index is 0.00689. The van der Waals surface area contributed by atoms with Gasteiger partial charge in [-0.3, -0.25) is 9.69 Å². The second kappa shape index (κ2) is 10.1. The third-order valence-corrected chi connectivity index (χ3v) is 6.33. The molecular formula is C29H28FN3O. The summed E-state index contributed by atoms with van der Waals surface area (Å²) in [6.45, 7) is 3.32. The van der Waals surface area contributed by atoms with Gasteiger partial charge >= 0.3 is 0 Å². The van der Waals surface area contributed by atoms with Crippen LogP contribution in [0.2, 0.25) is 0 Å². The molecule has 5 heteroatoms. The van der Waals surface area contributed by atoms with Crippen LogP contribution in [0, 0.1) is 5.82 Å². The predicted octanol–water partition coefficient (Wildman–Crippen LogP) is 5.28. The summed E-state index contributed by atoms with van der Waals surface area (Å²) in [5, 5.41) is 4.20. The number of nitrogens with zero attached hydrogens (tertiary/aromatic N) is 2. The monoisotopic (exact) mass is 453 g/mol. The zero-order valence-corrected chi connectivity index (χ0v) is 19.1. The first-order valence-electron chi connectivity index (χ1n) is 11.7. The molecule has 0 atom stereocenters. The van der Waals surface area contributed by atoms with Gasteiger partial charge in [-0.05, 0) is 34.9 Å². The molecule has 1 aliphatic heterocycles. The van der Waals surface area contributed by atoms with Crippen molar-refractivity contribution in [3.8, 4) is 0 Å². The highest BCUT2D eigenvalue weighted by Crippen LogP contribution is 2.23. The van der Waals surface area contributed by atoms with E-state index in [-0.39, 0.29) is 11.7 Å². The number of benzene rings is 3. The fraction of sp³-hybridized carbons (Fsp3) is 0.207. The Morgan fingerprint density at radius 1 is 0.882 bits per heavy atom. The molecule has 4 nitrogen and oxygen atoms in total. The van der Waals surface area contributed by atoms with Crippen LogP contribution >= 0.6 is 0 Å². The van der Waals surface area contributed by atoms with Crippen molar-refractivity contribution in [1.82, 2.24) is 14.8 Å². The molecule has 0 saturated heterocycles. The summed E-state index contributed by atoms with van der Waals surface area (Å²) >= 11 is 0. The van der Waals surface area contributed by atoms with Gasteiger partial charge in [0.05, 0.1) is 6.42 Å². The lowest BCUT2D eigenvalue weighted by Crippen LogP contribution is -2.34. The summed E-state index contributed by atoms with van der Waals surface area (Å²) in [5.41, 5.74) is 5.40. The summed E-state index contributed by atoms with van der Waals surface area (Å²) < 4.78 is 15.4. The molecule has 0 unspecified atom stereocenters. The van der Waals surface area contributed by atoms with Crippen molar-refractivity contribution in [1.29, 1.82) is 0 Å². The van der Waals surface area contributed by atoms with Crippen LogP contribution in [0.4, 0.5) is 4.39 Å². The number of halogens is 1. The lowest BCUT2D eigenvalue weighted by atomic mass is 10.1. The van der Waals surface area contributed by atoms with E-state index >= 15 is 0 Å². The van der Waals surface area contributed by atoms with Crippen LogP contribution in [-0.4, -0.2) is 28.5 Å². The Bertz CT molecular complexity index is 1310. The SMILES string of the molecule is O=C(Cc1cn(Cc2ccc(F)cc2)c2ccccc12)NC1=CCN(Cc2ccccc2)CC1. The minimum Gasteiger partial charge on any atom is -0.343 e. The first kappa shape index (κ1) is 22.1. The number of rotatable bonds is 7. The van der Waals surface area contributed by atoms with Gasteiger partial charge < -0.3 is 9.88 Å². The molecular weight excluding hydrogens is 425 g/mol. The molecule has 0 bridgehead atoms. The number of para-hydroxylation sites is 1. The second-order valence-corrected chi connectivity index (χ2v) is 8.85. The van der Waals surface area contributed by atoms with Crippen molar-refractivity contribution < 1.29 is 9.18 Å². The maximum Gasteiger partial charge on any atom is 0.228 e. The van der Waals surface area contributed by atoms with Crippen LogP contribution in [-0.2, 0) is 24.3 Å². The molecule has 2 heterocycles. The van der Waals surface area contributed by atoms with Gasteiger partial charge in [0.2, 0.25) is 5.91 Å². The van der Waals surface area contributed by atoms with Crippen molar-refractivity contribution in [2.24, 2.45) is 0 Å². The Hall–Kier alpha value is -3.70. The van der Waals surface area contributed by atoms with Gasteiger partial charge in [0.1, 0.15) is 5.82 Å². The van der Waals surface area contributed by atoms with Crippen molar-refractivity contribution >= 4 is 16.8 Å². The van der Waals surface area contributed by atoms with Crippen LogP contribution < -0.4 is 5.32 Å². The van der Waals surface area contributed by atoms with Gasteiger partial charge in [-0.15, -0.1) is 0 Å². The number of aromatic nitrogens is 1. The Morgan fingerprint density at radius 2 is 1.62 bits per heavy atom. The van der Waals surface area contributed by atoms with Crippen molar-refractivity contribution in [3.05, 3.63) is 119 Å². The maximum absolute atomic E-state index is 13.3. The molecule has 0 fully saturated rings. The summed E-state index contributed by atoms with van der Waals surface area (Å²) in [5.74, 6) is -0.230. The van der Waals surface area contributed by atoms with E-state index in [0.29, 0.717) is 13.0 Å². The van der Waals surface area contributed by atoms with Crippen LogP contribution in [0.5, 0.6) is 0 Å². The summed E-state index contributed by atoms with van der Waals surface area (Å²) in [6.07, 6.45) is 5.33. The molecule has 1 aliphatic rings. The quantitative estimate of drug-likeness (QED) is 0.414. The fourth-order valence-electron chi connectivity index (χ4n) is 4.59. The van der Waals surface area contributed by atoms with Crippen LogP contribution in [0.3, 0.4) is 0 Å². The summed E-state index contributed by atoms with van der Waals surface area (Å²) in [6, 6.07) is 25.1. The van der Waals surface area contributed by atoms with E-state index in [1.165, 1.54) is 17.7 Å². The average Bonchev–Trinajstić information content (AvgIpc) is 3.19. The molecule has 172 valence electrons. The molecule has 0 spiro atoms. The molecule has 0 saturated carbocycles. The fourth-order valence-corrected chi connectivity index (χ4v) is 4.59. The van der Waals surface area contributed by atoms with Crippen molar-refractivity contribution in [2.45, 2.75) is 25.9 Å². The molecule has 1 amide bonds. The highest BCUT2D eigenvalue weighted by Gasteiger charge is 2.16. The average molecular weight is 454 g/mol. The zero-order chi connectivity index (χ0) is 23.3. The zero-order valence-electron chi connectivity index (χ0n) is 19.1. The van der Waals surface area contributed by atoms with E-state index in [1.54, 1.807) is 12.1 Å². The molecule has 4 aromatic rings. The molecule has 5 rings (SSSR count). The van der Waals surface area contributed by atoms with Gasteiger partial charge in [0.25, 0.3) is 0 Å². The Balaban J connectivity index is 1.24. The number of amides is 1. The number of hydrogen-bond donors (Lipinski definition) is 1. The third-order valence-electron chi connectivity index (χ3n) is 6.33. The normalized spacial score (nSPS) is 14.2. The Morgan fingerprint density at radius 3 is 2.38 bits per heavy atom. The third kappa shape index (κ3) is 5.26. The highest BCUT2D eigenvalue weighted by molar-refractivity contribution is 5.90. The van der Waals surface area contributed by atoms with Gasteiger partial charge in [-0.25, -0.2) is 4.39 Å². The Kier molecular flexibility index (Phi) is 6.54. The first-order valence-corrected chi connectivity index (χ1v) is 11.7. The molecule has 1 N–H and O–H groups in total. The maximum atomic E-state index is 13.3. The van der Waals surface area contributed by atoms with Gasteiger partial charge in [0, 0.05) is 55.4 Å². The molecule has 1 aromatic heterocycles. The van der Waals surface area contributed by atoms with E-state index in [0.717, 1.165) is 53.8 Å². The van der Waals surface area contributed by atoms with E-state index in [1.807, 2.05) is 24.4 Å². The lowest BCUT2D eigenvalue weighted by Gasteiger charge is -2.26. The predicted molar refractivity (Wildman–Crippen MR) is 134 cm³/mol. The summed E-state index contributed by atoms with van der Waals surface area (Å²) in [4.78, 5) is 15.3. The number of hydrogen-bond acceptors (Lipinski definition) is 2.